The molecule has 0 saturated carbocycles. The van der Waals surface area contributed by atoms with Crippen molar-refractivity contribution < 1.29 is 18.3 Å². The summed E-state index contributed by atoms with van der Waals surface area (Å²) in [5.41, 5.74) is 3.00. The number of amides is 1. The van der Waals surface area contributed by atoms with Gasteiger partial charge in [-0.3, -0.25) is 10.2 Å². The van der Waals surface area contributed by atoms with Gasteiger partial charge in [0, 0.05) is 11.6 Å². The molecule has 0 aliphatic carbocycles. The molecule has 0 bridgehead atoms. The fraction of sp³-hybridized carbons (Fsp3) is 0.0714. The first-order chi connectivity index (χ1) is 9.60. The van der Waals surface area contributed by atoms with Gasteiger partial charge in [0.1, 0.15) is 12.4 Å². The van der Waals surface area contributed by atoms with E-state index < -0.39 is 17.5 Å². The summed E-state index contributed by atoms with van der Waals surface area (Å²) >= 11 is 0. The fourth-order valence-corrected chi connectivity index (χ4v) is 1.63. The Balaban J connectivity index is 2.11. The number of hydrogen-bond acceptors (Lipinski definition) is 3. The lowest BCUT2D eigenvalue weighted by Crippen LogP contribution is -2.30. The van der Waals surface area contributed by atoms with E-state index in [1.165, 1.54) is 0 Å². The molecule has 3 N–H and O–H groups in total. The van der Waals surface area contributed by atoms with E-state index in [1.807, 2.05) is 5.43 Å². The maximum absolute atomic E-state index is 13.4. The van der Waals surface area contributed by atoms with Gasteiger partial charge in [-0.2, -0.15) is 0 Å². The molecule has 0 heterocycles. The molecule has 0 aliphatic rings. The van der Waals surface area contributed by atoms with Crippen LogP contribution in [0.5, 0.6) is 5.75 Å². The zero-order chi connectivity index (χ0) is 14.5. The van der Waals surface area contributed by atoms with Crippen molar-refractivity contribution in [2.24, 2.45) is 5.84 Å². The monoisotopic (exact) mass is 278 g/mol. The molecule has 2 aromatic carbocycles. The van der Waals surface area contributed by atoms with Crippen LogP contribution in [0.4, 0.5) is 8.78 Å². The van der Waals surface area contributed by atoms with E-state index in [9.17, 15) is 13.6 Å². The lowest BCUT2D eigenvalue weighted by Gasteiger charge is -2.08. The number of halogens is 2. The SMILES string of the molecule is NNC(=O)c1cccc(COc2cc(F)ccc2F)c1. The van der Waals surface area contributed by atoms with Gasteiger partial charge in [-0.15, -0.1) is 0 Å². The number of carbonyl (C=O) groups is 1. The van der Waals surface area contributed by atoms with Crippen molar-refractivity contribution in [2.45, 2.75) is 6.61 Å². The molecule has 6 heteroatoms. The number of nitrogens with one attached hydrogen (secondary N) is 1. The Hall–Kier alpha value is -2.47. The maximum Gasteiger partial charge on any atom is 0.265 e. The summed E-state index contributed by atoms with van der Waals surface area (Å²) in [7, 11) is 0. The van der Waals surface area contributed by atoms with Crippen molar-refractivity contribution in [1.82, 2.24) is 5.43 Å². The average Bonchev–Trinajstić information content (AvgIpc) is 2.47. The van der Waals surface area contributed by atoms with Crippen molar-refractivity contribution in [3.63, 3.8) is 0 Å². The normalized spacial score (nSPS) is 10.2. The van der Waals surface area contributed by atoms with E-state index in [2.05, 4.69) is 0 Å². The van der Waals surface area contributed by atoms with Crippen molar-refractivity contribution in [1.29, 1.82) is 0 Å². The van der Waals surface area contributed by atoms with Crippen LogP contribution < -0.4 is 16.0 Å². The van der Waals surface area contributed by atoms with E-state index in [0.717, 1.165) is 18.2 Å². The molecule has 20 heavy (non-hydrogen) atoms. The minimum atomic E-state index is -0.651. The Morgan fingerprint density at radius 2 is 2.00 bits per heavy atom. The zero-order valence-corrected chi connectivity index (χ0v) is 10.4. The summed E-state index contributed by atoms with van der Waals surface area (Å²) in [5.74, 6) is 3.17. The van der Waals surface area contributed by atoms with Crippen LogP contribution in [0, 0.1) is 11.6 Å². The highest BCUT2D eigenvalue weighted by molar-refractivity contribution is 5.93. The molecular formula is C14H12F2N2O2. The van der Waals surface area contributed by atoms with Crippen LogP contribution in [-0.2, 0) is 6.61 Å². The third kappa shape index (κ3) is 3.30. The Bertz CT molecular complexity index is 632. The van der Waals surface area contributed by atoms with Crippen LogP contribution in [0.2, 0.25) is 0 Å². The van der Waals surface area contributed by atoms with Crippen molar-refractivity contribution in [2.75, 3.05) is 0 Å². The Labute approximate surface area is 114 Å². The van der Waals surface area contributed by atoms with Gasteiger partial charge >= 0.3 is 0 Å². The topological polar surface area (TPSA) is 64.3 Å². The first kappa shape index (κ1) is 14.0. The van der Waals surface area contributed by atoms with Crippen LogP contribution in [0.3, 0.4) is 0 Å². The molecule has 0 radical (unpaired) electrons. The maximum atomic E-state index is 13.4. The third-order valence-electron chi connectivity index (χ3n) is 2.61. The van der Waals surface area contributed by atoms with E-state index in [1.54, 1.807) is 24.3 Å². The molecule has 104 valence electrons. The lowest BCUT2D eigenvalue weighted by molar-refractivity contribution is 0.0953. The van der Waals surface area contributed by atoms with Gasteiger partial charge in [-0.1, -0.05) is 12.1 Å². The van der Waals surface area contributed by atoms with Gasteiger partial charge in [-0.05, 0) is 29.8 Å². The molecule has 1 amide bonds. The molecule has 0 unspecified atom stereocenters. The third-order valence-corrected chi connectivity index (χ3v) is 2.61. The standard InChI is InChI=1S/C14H12F2N2O2/c15-11-4-5-12(16)13(7-11)20-8-9-2-1-3-10(6-9)14(19)18-17/h1-7H,8,17H2,(H,18,19). The molecule has 2 aromatic rings. The summed E-state index contributed by atoms with van der Waals surface area (Å²) < 4.78 is 31.5. The summed E-state index contributed by atoms with van der Waals surface area (Å²) in [4.78, 5) is 11.4. The number of benzene rings is 2. The predicted octanol–water partition coefficient (Wildman–Crippen LogP) is 2.15. The van der Waals surface area contributed by atoms with E-state index in [-0.39, 0.29) is 12.4 Å². The second kappa shape index (κ2) is 6.12. The second-order valence-electron chi connectivity index (χ2n) is 4.04. The highest BCUT2D eigenvalue weighted by Crippen LogP contribution is 2.19. The Morgan fingerprint density at radius 1 is 1.20 bits per heavy atom. The highest BCUT2D eigenvalue weighted by Gasteiger charge is 2.07. The minimum absolute atomic E-state index is 0.00602. The summed E-state index contributed by atoms with van der Waals surface area (Å²) in [6, 6.07) is 9.44. The number of nitrogen functional groups attached to an aromatic ring is 1. The van der Waals surface area contributed by atoms with Crippen LogP contribution in [-0.4, -0.2) is 5.91 Å². The number of rotatable bonds is 4. The Kier molecular flexibility index (Phi) is 4.27. The largest absolute Gasteiger partial charge is 0.486 e. The summed E-state index contributed by atoms with van der Waals surface area (Å²) in [6.45, 7) is 0.00602. The molecule has 4 nitrogen and oxygen atoms in total. The van der Waals surface area contributed by atoms with Gasteiger partial charge in [0.15, 0.2) is 11.6 Å². The second-order valence-corrected chi connectivity index (χ2v) is 4.04. The molecule has 0 aromatic heterocycles. The van der Waals surface area contributed by atoms with Crippen LogP contribution in [0.25, 0.3) is 0 Å². The molecule has 0 atom stereocenters. The first-order valence-corrected chi connectivity index (χ1v) is 5.78. The first-order valence-electron chi connectivity index (χ1n) is 5.78. The predicted molar refractivity (Wildman–Crippen MR) is 68.8 cm³/mol. The van der Waals surface area contributed by atoms with Crippen LogP contribution >= 0.6 is 0 Å². The molecular weight excluding hydrogens is 266 g/mol. The smallest absolute Gasteiger partial charge is 0.265 e. The Morgan fingerprint density at radius 3 is 2.75 bits per heavy atom. The van der Waals surface area contributed by atoms with Gasteiger partial charge in [-0.25, -0.2) is 14.6 Å². The van der Waals surface area contributed by atoms with Crippen molar-refractivity contribution >= 4 is 5.91 Å². The summed E-state index contributed by atoms with van der Waals surface area (Å²) in [6.07, 6.45) is 0. The van der Waals surface area contributed by atoms with Gasteiger partial charge in [0.2, 0.25) is 0 Å². The number of carbonyl (C=O) groups excluding carboxylic acids is 1. The van der Waals surface area contributed by atoms with Gasteiger partial charge < -0.3 is 4.74 Å². The van der Waals surface area contributed by atoms with Crippen molar-refractivity contribution in [3.8, 4) is 5.75 Å². The minimum Gasteiger partial charge on any atom is -0.486 e. The van der Waals surface area contributed by atoms with E-state index >= 15 is 0 Å². The summed E-state index contributed by atoms with van der Waals surface area (Å²) in [5, 5.41) is 0. The molecule has 0 saturated heterocycles. The fourth-order valence-electron chi connectivity index (χ4n) is 1.63. The molecule has 2 rings (SSSR count). The number of ether oxygens (including phenoxy) is 1. The van der Waals surface area contributed by atoms with Gasteiger partial charge in [0.25, 0.3) is 5.91 Å². The van der Waals surface area contributed by atoms with E-state index in [0.29, 0.717) is 11.1 Å². The zero-order valence-electron chi connectivity index (χ0n) is 10.4. The molecule has 0 fully saturated rings. The number of hydrazine groups is 1. The highest BCUT2D eigenvalue weighted by atomic mass is 19.1. The van der Waals surface area contributed by atoms with Crippen LogP contribution in [0.1, 0.15) is 15.9 Å². The number of hydrogen-bond donors (Lipinski definition) is 2. The van der Waals surface area contributed by atoms with Crippen LogP contribution in [0.15, 0.2) is 42.5 Å². The van der Waals surface area contributed by atoms with Gasteiger partial charge in [0.05, 0.1) is 0 Å². The molecule has 0 aliphatic heterocycles. The number of nitrogens with two attached hydrogens (primary N) is 1. The average molecular weight is 278 g/mol. The quantitative estimate of drug-likeness (QED) is 0.511. The molecule has 0 spiro atoms. The lowest BCUT2D eigenvalue weighted by atomic mass is 10.1. The van der Waals surface area contributed by atoms with E-state index in [4.69, 9.17) is 10.6 Å². The van der Waals surface area contributed by atoms with Crippen molar-refractivity contribution in [3.05, 3.63) is 65.2 Å².